The van der Waals surface area contributed by atoms with Crippen molar-refractivity contribution >= 4 is 11.8 Å². The molecule has 0 atom stereocenters. The number of rotatable bonds is 5. The molecule has 0 saturated heterocycles. The summed E-state index contributed by atoms with van der Waals surface area (Å²) >= 11 is 0. The Bertz CT molecular complexity index is 480. The number of hydrogen-bond donors (Lipinski definition) is 2. The van der Waals surface area contributed by atoms with Crippen LogP contribution >= 0.6 is 0 Å². The van der Waals surface area contributed by atoms with Crippen LogP contribution in [0.15, 0.2) is 18.2 Å². The Labute approximate surface area is 140 Å². The van der Waals surface area contributed by atoms with E-state index in [1.807, 2.05) is 46.8 Å². The van der Waals surface area contributed by atoms with Crippen LogP contribution in [-0.4, -0.2) is 18.3 Å². The molecule has 23 heavy (non-hydrogen) atoms. The van der Waals surface area contributed by atoms with Crippen molar-refractivity contribution in [1.82, 2.24) is 5.32 Å². The molecule has 3 N–H and O–H groups in total. The van der Waals surface area contributed by atoms with Gasteiger partial charge in [0, 0.05) is 6.54 Å². The molecule has 0 unspecified atom stereocenters. The summed E-state index contributed by atoms with van der Waals surface area (Å²) in [5, 5.41) is 2.71. The number of nitrogen functional groups attached to an aromatic ring is 1. The molecule has 0 aliphatic carbocycles. The van der Waals surface area contributed by atoms with Crippen LogP contribution in [0.25, 0.3) is 0 Å². The van der Waals surface area contributed by atoms with E-state index in [0.29, 0.717) is 30.5 Å². The predicted molar refractivity (Wildman–Crippen MR) is 95.6 cm³/mol. The van der Waals surface area contributed by atoms with E-state index in [2.05, 4.69) is 19.2 Å². The second-order valence-electron chi connectivity index (χ2n) is 6.43. The van der Waals surface area contributed by atoms with E-state index in [-0.39, 0.29) is 0 Å². The van der Waals surface area contributed by atoms with Crippen molar-refractivity contribution in [3.05, 3.63) is 23.8 Å². The van der Waals surface area contributed by atoms with Gasteiger partial charge in [0.05, 0.1) is 12.3 Å². The highest BCUT2D eigenvalue weighted by atomic mass is 16.6. The molecule has 0 saturated carbocycles. The lowest BCUT2D eigenvalue weighted by Gasteiger charge is -2.19. The lowest BCUT2D eigenvalue weighted by molar-refractivity contribution is 0.0523. The highest BCUT2D eigenvalue weighted by Crippen LogP contribution is 2.23. The van der Waals surface area contributed by atoms with E-state index in [9.17, 15) is 4.79 Å². The largest absolute Gasteiger partial charge is 0.491 e. The fourth-order valence-corrected chi connectivity index (χ4v) is 1.56. The first-order valence-corrected chi connectivity index (χ1v) is 8.15. The van der Waals surface area contributed by atoms with Crippen LogP contribution in [0.3, 0.4) is 0 Å². The third-order valence-corrected chi connectivity index (χ3v) is 2.49. The van der Waals surface area contributed by atoms with Crippen molar-refractivity contribution in [2.24, 2.45) is 5.92 Å². The Morgan fingerprint density at radius 3 is 2.39 bits per heavy atom. The summed E-state index contributed by atoms with van der Waals surface area (Å²) in [6.45, 7) is 14.6. The van der Waals surface area contributed by atoms with Gasteiger partial charge in [0.2, 0.25) is 0 Å². The molecule has 0 aromatic heterocycles. The van der Waals surface area contributed by atoms with Crippen molar-refractivity contribution in [3.63, 3.8) is 0 Å². The van der Waals surface area contributed by atoms with Crippen LogP contribution in [0, 0.1) is 5.92 Å². The summed E-state index contributed by atoms with van der Waals surface area (Å²) in [4.78, 5) is 11.6. The molecule has 0 heterocycles. The molecule has 0 aliphatic heterocycles. The fourth-order valence-electron chi connectivity index (χ4n) is 1.56. The summed E-state index contributed by atoms with van der Waals surface area (Å²) in [6, 6.07) is 5.48. The zero-order chi connectivity index (χ0) is 18.0. The summed E-state index contributed by atoms with van der Waals surface area (Å²) in [7, 11) is 0. The molecule has 0 fully saturated rings. The Kier molecular flexibility index (Phi) is 9.15. The average molecular weight is 324 g/mol. The maximum Gasteiger partial charge on any atom is 0.407 e. The van der Waals surface area contributed by atoms with E-state index in [4.69, 9.17) is 15.2 Å². The van der Waals surface area contributed by atoms with Gasteiger partial charge >= 0.3 is 6.09 Å². The van der Waals surface area contributed by atoms with Crippen molar-refractivity contribution in [3.8, 4) is 5.75 Å². The molecule has 1 rings (SSSR count). The number of benzene rings is 1. The van der Waals surface area contributed by atoms with Crippen LogP contribution in [0.5, 0.6) is 5.75 Å². The monoisotopic (exact) mass is 324 g/mol. The number of alkyl carbamates (subject to hydrolysis) is 1. The molecular weight excluding hydrogens is 292 g/mol. The fraction of sp³-hybridized carbons (Fsp3) is 0.611. The zero-order valence-corrected chi connectivity index (χ0v) is 15.5. The Morgan fingerprint density at radius 1 is 1.26 bits per heavy atom. The quantitative estimate of drug-likeness (QED) is 0.789. The van der Waals surface area contributed by atoms with Crippen LogP contribution in [0.4, 0.5) is 10.5 Å². The van der Waals surface area contributed by atoms with Gasteiger partial charge in [-0.15, -0.1) is 0 Å². The number of nitrogens with one attached hydrogen (secondary N) is 1. The van der Waals surface area contributed by atoms with Crippen molar-refractivity contribution in [2.45, 2.75) is 60.6 Å². The highest BCUT2D eigenvalue weighted by molar-refractivity contribution is 5.67. The Hall–Kier alpha value is -1.91. The number of carbonyl (C=O) groups excluding carboxylic acids is 1. The maximum atomic E-state index is 11.6. The van der Waals surface area contributed by atoms with Crippen LogP contribution < -0.4 is 15.8 Å². The van der Waals surface area contributed by atoms with Gasteiger partial charge in [0.25, 0.3) is 0 Å². The first-order valence-electron chi connectivity index (χ1n) is 8.15. The van der Waals surface area contributed by atoms with Crippen molar-refractivity contribution in [2.75, 3.05) is 12.3 Å². The van der Waals surface area contributed by atoms with Crippen molar-refractivity contribution < 1.29 is 14.3 Å². The molecule has 5 nitrogen and oxygen atoms in total. The van der Waals surface area contributed by atoms with Crippen LogP contribution in [0.1, 0.15) is 54.0 Å². The van der Waals surface area contributed by atoms with E-state index in [1.54, 1.807) is 6.07 Å². The zero-order valence-electron chi connectivity index (χ0n) is 15.5. The summed E-state index contributed by atoms with van der Waals surface area (Å²) in [6.07, 6.45) is -0.441. The van der Waals surface area contributed by atoms with Gasteiger partial charge in [0.15, 0.2) is 0 Å². The first-order chi connectivity index (χ1) is 10.7. The molecule has 0 radical (unpaired) electrons. The van der Waals surface area contributed by atoms with E-state index in [1.165, 1.54) is 0 Å². The SMILES string of the molecule is CC.CC(C)COc1cc(CNC(=O)OC(C)(C)C)ccc1N. The third-order valence-electron chi connectivity index (χ3n) is 2.49. The molecule has 0 bridgehead atoms. The lowest BCUT2D eigenvalue weighted by atomic mass is 10.2. The first kappa shape index (κ1) is 21.1. The smallest absolute Gasteiger partial charge is 0.407 e. The predicted octanol–water partition coefficient (Wildman–Crippen LogP) is 4.35. The molecule has 5 heteroatoms. The van der Waals surface area contributed by atoms with Gasteiger partial charge < -0.3 is 20.5 Å². The van der Waals surface area contributed by atoms with Crippen LogP contribution in [0.2, 0.25) is 0 Å². The minimum Gasteiger partial charge on any atom is -0.491 e. The van der Waals surface area contributed by atoms with Crippen molar-refractivity contribution in [1.29, 1.82) is 0 Å². The summed E-state index contributed by atoms with van der Waals surface area (Å²) in [5.41, 5.74) is 6.88. The number of ether oxygens (including phenoxy) is 2. The second-order valence-corrected chi connectivity index (χ2v) is 6.43. The number of anilines is 1. The summed E-state index contributed by atoms with van der Waals surface area (Å²) in [5.74, 6) is 1.07. The van der Waals surface area contributed by atoms with Gasteiger partial charge in [-0.3, -0.25) is 0 Å². The minimum absolute atomic E-state index is 0.368. The van der Waals surface area contributed by atoms with E-state index >= 15 is 0 Å². The normalized spacial score (nSPS) is 10.6. The third kappa shape index (κ3) is 9.66. The molecule has 1 aromatic rings. The van der Waals surface area contributed by atoms with Crippen LogP contribution in [-0.2, 0) is 11.3 Å². The Balaban J connectivity index is 0.00000232. The number of amides is 1. The van der Waals surface area contributed by atoms with Gasteiger partial charge in [0.1, 0.15) is 11.4 Å². The molecule has 0 aliphatic rings. The van der Waals surface area contributed by atoms with Gasteiger partial charge in [-0.25, -0.2) is 4.79 Å². The number of nitrogens with two attached hydrogens (primary N) is 1. The average Bonchev–Trinajstić information content (AvgIpc) is 2.45. The highest BCUT2D eigenvalue weighted by Gasteiger charge is 2.15. The lowest BCUT2D eigenvalue weighted by Crippen LogP contribution is -2.32. The topological polar surface area (TPSA) is 73.6 Å². The van der Waals surface area contributed by atoms with Gasteiger partial charge in [-0.2, -0.15) is 0 Å². The second kappa shape index (κ2) is 9.98. The minimum atomic E-state index is -0.503. The van der Waals surface area contributed by atoms with Gasteiger partial charge in [-0.05, 0) is 44.4 Å². The Morgan fingerprint density at radius 2 is 1.87 bits per heavy atom. The molecular formula is C18H32N2O3. The maximum absolute atomic E-state index is 11.6. The number of hydrogen-bond acceptors (Lipinski definition) is 4. The van der Waals surface area contributed by atoms with Gasteiger partial charge in [-0.1, -0.05) is 33.8 Å². The molecule has 0 spiro atoms. The standard InChI is InChI=1S/C16H26N2O3.C2H6/c1-11(2)10-20-14-8-12(6-7-13(14)17)9-18-15(19)21-16(3,4)5;1-2/h6-8,11H,9-10,17H2,1-5H3,(H,18,19);1-2H3. The van der Waals surface area contributed by atoms with E-state index in [0.717, 1.165) is 5.56 Å². The summed E-state index contributed by atoms with van der Waals surface area (Å²) < 4.78 is 10.8. The molecule has 1 amide bonds. The van der Waals surface area contributed by atoms with E-state index < -0.39 is 11.7 Å². The molecule has 1 aromatic carbocycles. The molecule has 132 valence electrons. The number of carbonyl (C=O) groups is 1.